The van der Waals surface area contributed by atoms with Gasteiger partial charge in [-0.3, -0.25) is 0 Å². The lowest BCUT2D eigenvalue weighted by Crippen LogP contribution is -2.21. The van der Waals surface area contributed by atoms with E-state index in [1.54, 1.807) is 0 Å². The first-order valence-electron chi connectivity index (χ1n) is 3.78. The molecular weight excluding hydrogens is 148 g/mol. The van der Waals surface area contributed by atoms with Crippen molar-refractivity contribution in [2.24, 2.45) is 11.8 Å². The second kappa shape index (κ2) is 3.49. The Morgan fingerprint density at radius 2 is 1.36 bits per heavy atom. The summed E-state index contributed by atoms with van der Waals surface area (Å²) < 4.78 is 0. The van der Waals surface area contributed by atoms with E-state index in [1.807, 2.05) is 0 Å². The Labute approximate surface area is 65.1 Å². The Morgan fingerprint density at radius 3 is 1.64 bits per heavy atom. The summed E-state index contributed by atoms with van der Waals surface area (Å²) >= 11 is 0. The molecule has 1 fully saturated rings. The van der Waals surface area contributed by atoms with E-state index in [-0.39, 0.29) is 25.0 Å². The highest BCUT2D eigenvalue weighted by atomic mass is 16.3. The summed E-state index contributed by atoms with van der Waals surface area (Å²) in [7, 11) is 0. The normalized spacial score (nSPS) is 34.9. The van der Waals surface area contributed by atoms with Crippen molar-refractivity contribution in [3.63, 3.8) is 0 Å². The van der Waals surface area contributed by atoms with Gasteiger partial charge in [-0.1, -0.05) is 0 Å². The zero-order valence-corrected chi connectivity index (χ0v) is 6.22. The van der Waals surface area contributed by atoms with Gasteiger partial charge in [0.25, 0.3) is 0 Å². The molecular formula is C7H14O4. The fourth-order valence-electron chi connectivity index (χ4n) is 1.39. The first-order chi connectivity index (χ1) is 5.20. The Morgan fingerprint density at radius 1 is 1.00 bits per heavy atom. The van der Waals surface area contributed by atoms with E-state index in [2.05, 4.69) is 0 Å². The van der Waals surface area contributed by atoms with Gasteiger partial charge >= 0.3 is 0 Å². The Balaban J connectivity index is 2.25. The molecule has 0 amide bonds. The van der Waals surface area contributed by atoms with Gasteiger partial charge in [0.2, 0.25) is 0 Å². The molecule has 1 aliphatic carbocycles. The molecule has 1 rings (SSSR count). The van der Waals surface area contributed by atoms with Crippen molar-refractivity contribution in [1.82, 2.24) is 0 Å². The Kier molecular flexibility index (Phi) is 2.84. The van der Waals surface area contributed by atoms with Crippen LogP contribution >= 0.6 is 0 Å². The Hall–Kier alpha value is -0.160. The molecule has 0 bridgehead atoms. The predicted molar refractivity (Wildman–Crippen MR) is 37.8 cm³/mol. The summed E-state index contributed by atoms with van der Waals surface area (Å²) in [6.45, 7) is -0.529. The van der Waals surface area contributed by atoms with E-state index in [4.69, 9.17) is 20.4 Å². The summed E-state index contributed by atoms with van der Waals surface area (Å²) in [5.74, 6) is -0.0516. The molecule has 4 heteroatoms. The largest absolute Gasteiger partial charge is 0.394 e. The lowest BCUT2D eigenvalue weighted by Gasteiger charge is -2.08. The maximum absolute atomic E-state index is 9.07. The fourth-order valence-corrected chi connectivity index (χ4v) is 1.39. The molecule has 11 heavy (non-hydrogen) atoms. The van der Waals surface area contributed by atoms with Gasteiger partial charge in [0.05, 0.1) is 25.4 Å². The van der Waals surface area contributed by atoms with Gasteiger partial charge in [0.15, 0.2) is 0 Å². The summed E-state index contributed by atoms with van der Waals surface area (Å²) in [5, 5.41) is 35.2. The highest BCUT2D eigenvalue weighted by Gasteiger charge is 2.45. The first-order valence-corrected chi connectivity index (χ1v) is 3.78. The van der Waals surface area contributed by atoms with Gasteiger partial charge in [0.1, 0.15) is 0 Å². The van der Waals surface area contributed by atoms with Crippen LogP contribution in [0.2, 0.25) is 0 Å². The predicted octanol–water partition coefficient (Wildman–Crippen LogP) is -1.67. The molecule has 1 saturated carbocycles. The first kappa shape index (κ1) is 8.93. The average Bonchev–Trinajstić information content (AvgIpc) is 2.80. The highest BCUT2D eigenvalue weighted by Crippen LogP contribution is 2.43. The van der Waals surface area contributed by atoms with E-state index in [1.165, 1.54) is 0 Å². The van der Waals surface area contributed by atoms with Crippen LogP contribution in [-0.2, 0) is 0 Å². The number of aliphatic hydroxyl groups excluding tert-OH is 4. The molecule has 0 aromatic rings. The van der Waals surface area contributed by atoms with Crippen molar-refractivity contribution in [2.75, 3.05) is 13.2 Å². The minimum absolute atomic E-state index is 0.0258. The second-order valence-corrected chi connectivity index (χ2v) is 3.06. The third kappa shape index (κ3) is 1.90. The zero-order valence-electron chi connectivity index (χ0n) is 6.22. The molecule has 66 valence electrons. The molecule has 0 heterocycles. The molecule has 4 unspecified atom stereocenters. The number of hydrogen-bond acceptors (Lipinski definition) is 4. The van der Waals surface area contributed by atoms with Crippen LogP contribution in [0.1, 0.15) is 6.42 Å². The molecule has 0 saturated heterocycles. The van der Waals surface area contributed by atoms with Crippen molar-refractivity contribution in [1.29, 1.82) is 0 Å². The van der Waals surface area contributed by atoms with Crippen LogP contribution in [0.15, 0.2) is 0 Å². The second-order valence-electron chi connectivity index (χ2n) is 3.06. The molecule has 4 atom stereocenters. The number of hydrogen-bond donors (Lipinski definition) is 4. The summed E-state index contributed by atoms with van der Waals surface area (Å²) in [6.07, 6.45) is -0.772. The molecule has 4 N–H and O–H groups in total. The van der Waals surface area contributed by atoms with E-state index >= 15 is 0 Å². The van der Waals surface area contributed by atoms with Crippen molar-refractivity contribution in [3.8, 4) is 0 Å². The van der Waals surface area contributed by atoms with E-state index < -0.39 is 12.2 Å². The van der Waals surface area contributed by atoms with Crippen molar-refractivity contribution in [2.45, 2.75) is 18.6 Å². The van der Waals surface area contributed by atoms with Gasteiger partial charge in [-0.2, -0.15) is 0 Å². The maximum atomic E-state index is 9.07. The third-order valence-corrected chi connectivity index (χ3v) is 2.25. The van der Waals surface area contributed by atoms with Crippen LogP contribution in [0.25, 0.3) is 0 Å². The van der Waals surface area contributed by atoms with E-state index in [0.29, 0.717) is 6.42 Å². The summed E-state index contributed by atoms with van der Waals surface area (Å²) in [4.78, 5) is 0. The smallest absolute Gasteiger partial charge is 0.0802 e. The van der Waals surface area contributed by atoms with Gasteiger partial charge in [0, 0.05) is 0 Å². The lowest BCUT2D eigenvalue weighted by molar-refractivity contribution is 0.0409. The van der Waals surface area contributed by atoms with Gasteiger partial charge in [-0.15, -0.1) is 0 Å². The molecule has 0 aliphatic heterocycles. The molecule has 0 aromatic carbocycles. The molecule has 0 aromatic heterocycles. The topological polar surface area (TPSA) is 80.9 Å². The SMILES string of the molecule is OCC(O)C1CC1C(O)CO. The number of rotatable bonds is 4. The van der Waals surface area contributed by atoms with Crippen molar-refractivity contribution < 1.29 is 20.4 Å². The van der Waals surface area contributed by atoms with Gasteiger partial charge < -0.3 is 20.4 Å². The van der Waals surface area contributed by atoms with Gasteiger partial charge in [-0.25, -0.2) is 0 Å². The quantitative estimate of drug-likeness (QED) is 0.398. The van der Waals surface area contributed by atoms with Gasteiger partial charge in [-0.05, 0) is 18.3 Å². The van der Waals surface area contributed by atoms with Crippen molar-refractivity contribution in [3.05, 3.63) is 0 Å². The van der Waals surface area contributed by atoms with Crippen LogP contribution in [0.3, 0.4) is 0 Å². The van der Waals surface area contributed by atoms with Crippen molar-refractivity contribution >= 4 is 0 Å². The Bertz CT molecular complexity index is 114. The third-order valence-electron chi connectivity index (χ3n) is 2.25. The van der Waals surface area contributed by atoms with E-state index in [0.717, 1.165) is 0 Å². The number of aliphatic hydroxyl groups is 4. The van der Waals surface area contributed by atoms with Crippen LogP contribution in [0.5, 0.6) is 0 Å². The summed E-state index contributed by atoms with van der Waals surface area (Å²) in [5.41, 5.74) is 0. The summed E-state index contributed by atoms with van der Waals surface area (Å²) in [6, 6.07) is 0. The standard InChI is InChI=1S/C7H14O4/c8-2-6(10)4-1-5(4)7(11)3-9/h4-11H,1-3H2. The van der Waals surface area contributed by atoms with Crippen LogP contribution in [0.4, 0.5) is 0 Å². The lowest BCUT2D eigenvalue weighted by atomic mass is 10.1. The van der Waals surface area contributed by atoms with Crippen LogP contribution in [-0.4, -0.2) is 45.8 Å². The molecule has 0 radical (unpaired) electrons. The average molecular weight is 162 g/mol. The highest BCUT2D eigenvalue weighted by molar-refractivity contribution is 4.95. The molecule has 1 aliphatic rings. The van der Waals surface area contributed by atoms with Crippen LogP contribution in [0, 0.1) is 11.8 Å². The molecule has 0 spiro atoms. The maximum Gasteiger partial charge on any atom is 0.0802 e. The minimum Gasteiger partial charge on any atom is -0.394 e. The fraction of sp³-hybridized carbons (Fsp3) is 1.00. The molecule has 4 nitrogen and oxygen atoms in total. The monoisotopic (exact) mass is 162 g/mol. The van der Waals surface area contributed by atoms with E-state index in [9.17, 15) is 0 Å². The minimum atomic E-state index is -0.735. The van der Waals surface area contributed by atoms with Crippen LogP contribution < -0.4 is 0 Å². The zero-order chi connectivity index (χ0) is 8.43.